The van der Waals surface area contributed by atoms with E-state index in [9.17, 15) is 4.79 Å². The number of methoxy groups -OCH3 is 1. The van der Waals surface area contributed by atoms with Crippen LogP contribution in [0.3, 0.4) is 0 Å². The van der Waals surface area contributed by atoms with E-state index in [1.165, 1.54) is 0 Å². The van der Waals surface area contributed by atoms with Gasteiger partial charge in [0, 0.05) is 25.4 Å². The predicted molar refractivity (Wildman–Crippen MR) is 122 cm³/mol. The van der Waals surface area contributed by atoms with Crippen molar-refractivity contribution in [2.45, 2.75) is 60.1 Å². The molecule has 156 valence electrons. The summed E-state index contributed by atoms with van der Waals surface area (Å²) in [4.78, 5) is 13.0. The third-order valence-electron chi connectivity index (χ3n) is 4.02. The first-order chi connectivity index (χ1) is 13.7. The summed E-state index contributed by atoms with van der Waals surface area (Å²) in [5.41, 5.74) is 10.3. The van der Waals surface area contributed by atoms with Crippen LogP contribution in [-0.4, -0.2) is 26.1 Å². The molecule has 0 saturated carbocycles. The molecule has 0 aromatic heterocycles. The highest BCUT2D eigenvalue weighted by atomic mass is 16.5. The maximum absolute atomic E-state index is 11.4. The van der Waals surface area contributed by atoms with Crippen LogP contribution in [0, 0.1) is 0 Å². The molecule has 4 heteroatoms. The molecule has 2 aromatic carbocycles. The highest BCUT2D eigenvalue weighted by molar-refractivity contribution is 5.77. The maximum atomic E-state index is 11.4. The first-order valence-corrected chi connectivity index (χ1v) is 10.3. The Morgan fingerprint density at radius 1 is 0.964 bits per heavy atom. The highest BCUT2D eigenvalue weighted by Gasteiger charge is 2.10. The van der Waals surface area contributed by atoms with Crippen molar-refractivity contribution < 1.29 is 9.53 Å². The smallest absolute Gasteiger partial charge is 0.214 e. The largest absolute Gasteiger partial charge is 0.380 e. The first-order valence-electron chi connectivity index (χ1n) is 10.3. The third-order valence-corrected chi connectivity index (χ3v) is 4.02. The monoisotopic (exact) mass is 386 g/mol. The Morgan fingerprint density at radius 3 is 1.89 bits per heavy atom. The molecule has 0 aliphatic heterocycles. The van der Waals surface area contributed by atoms with Crippen molar-refractivity contribution in [1.82, 2.24) is 0 Å². The van der Waals surface area contributed by atoms with Gasteiger partial charge in [-0.05, 0) is 35.2 Å². The number of ether oxygens (including phenoxy) is 1. The van der Waals surface area contributed by atoms with E-state index in [0.717, 1.165) is 41.6 Å². The Kier molecular flexibility index (Phi) is 14.6. The van der Waals surface area contributed by atoms with Crippen molar-refractivity contribution in [2.75, 3.05) is 18.6 Å². The Balaban J connectivity index is 0.00000171. The number of anilines is 1. The first kappa shape index (κ1) is 25.8. The molecule has 0 bridgehead atoms. The van der Waals surface area contributed by atoms with Crippen LogP contribution in [0.15, 0.2) is 48.5 Å². The van der Waals surface area contributed by atoms with Gasteiger partial charge >= 0.3 is 0 Å². The zero-order valence-electron chi connectivity index (χ0n) is 18.4. The summed E-state index contributed by atoms with van der Waals surface area (Å²) in [6.45, 7) is 11.3. The number of rotatable bonds is 9. The van der Waals surface area contributed by atoms with E-state index in [2.05, 4.69) is 31.2 Å². The van der Waals surface area contributed by atoms with Gasteiger partial charge < -0.3 is 15.4 Å². The molecule has 1 amide bonds. The Bertz CT molecular complexity index is 624. The van der Waals surface area contributed by atoms with Crippen molar-refractivity contribution in [3.05, 3.63) is 54.1 Å². The summed E-state index contributed by atoms with van der Waals surface area (Å²) in [6.07, 6.45) is 2.78. The molecular weight excluding hydrogens is 348 g/mol. The Morgan fingerprint density at radius 2 is 1.46 bits per heavy atom. The molecule has 0 fully saturated rings. The summed E-state index contributed by atoms with van der Waals surface area (Å²) < 4.78 is 5.13. The lowest BCUT2D eigenvalue weighted by Crippen LogP contribution is -2.36. The number of nitrogens with zero attached hydrogens (tertiary/aromatic N) is 1. The highest BCUT2D eigenvalue weighted by Crippen LogP contribution is 2.23. The summed E-state index contributed by atoms with van der Waals surface area (Å²) in [7, 11) is 1.69. The second kappa shape index (κ2) is 15.8. The van der Waals surface area contributed by atoms with Gasteiger partial charge in [0.05, 0.1) is 6.61 Å². The van der Waals surface area contributed by atoms with Gasteiger partial charge in [0.15, 0.2) is 0 Å². The fourth-order valence-corrected chi connectivity index (χ4v) is 2.73. The second-order valence-corrected chi connectivity index (χ2v) is 5.98. The van der Waals surface area contributed by atoms with Crippen LogP contribution >= 0.6 is 0 Å². The van der Waals surface area contributed by atoms with Crippen molar-refractivity contribution >= 4 is 12.1 Å². The standard InChI is InChI=1S/C20H26N2O2.2C2H6/c1-3-4-19(21)13-22(15-23)20-11-9-18(10-12-20)17-7-5-16(6-8-17)14-24-2;2*1-2/h5-12,15,19H,3-4,13-14,21H2,1-2H3;2*1-2H3/t19-;;/m0../s1. The molecule has 2 rings (SSSR count). The number of amides is 1. The molecule has 0 aliphatic carbocycles. The number of hydrogen-bond acceptors (Lipinski definition) is 3. The van der Waals surface area contributed by atoms with Crippen LogP contribution in [0.1, 0.15) is 53.0 Å². The minimum atomic E-state index is 0.00760. The van der Waals surface area contributed by atoms with Crippen LogP contribution in [0.5, 0.6) is 0 Å². The maximum Gasteiger partial charge on any atom is 0.214 e. The molecule has 0 radical (unpaired) electrons. The third kappa shape index (κ3) is 8.68. The topological polar surface area (TPSA) is 55.6 Å². The summed E-state index contributed by atoms with van der Waals surface area (Å²) >= 11 is 0. The van der Waals surface area contributed by atoms with E-state index >= 15 is 0 Å². The van der Waals surface area contributed by atoms with Gasteiger partial charge in [0.1, 0.15) is 0 Å². The van der Waals surface area contributed by atoms with Crippen LogP contribution in [0.2, 0.25) is 0 Å². The molecule has 2 aromatic rings. The normalized spacial score (nSPS) is 10.7. The number of carbonyl (C=O) groups is 1. The van der Waals surface area contributed by atoms with Crippen molar-refractivity contribution in [1.29, 1.82) is 0 Å². The van der Waals surface area contributed by atoms with Gasteiger partial charge in [-0.25, -0.2) is 0 Å². The van der Waals surface area contributed by atoms with Crippen molar-refractivity contribution in [3.8, 4) is 11.1 Å². The molecule has 4 nitrogen and oxygen atoms in total. The zero-order chi connectivity index (χ0) is 21.4. The number of nitrogens with two attached hydrogens (primary N) is 1. The van der Waals surface area contributed by atoms with Crippen LogP contribution in [-0.2, 0) is 16.1 Å². The molecule has 0 unspecified atom stereocenters. The van der Waals surface area contributed by atoms with Gasteiger partial charge in [-0.1, -0.05) is 77.4 Å². The SMILES string of the molecule is CC.CC.CCC[C@H](N)CN(C=O)c1ccc(-c2ccc(COC)cc2)cc1. The van der Waals surface area contributed by atoms with Gasteiger partial charge in [-0.2, -0.15) is 0 Å². The minimum Gasteiger partial charge on any atom is -0.380 e. The molecule has 28 heavy (non-hydrogen) atoms. The van der Waals surface area contributed by atoms with Gasteiger partial charge in [0.2, 0.25) is 6.41 Å². The zero-order valence-corrected chi connectivity index (χ0v) is 18.4. The quantitative estimate of drug-likeness (QED) is 0.567. The number of carbonyl (C=O) groups excluding carboxylic acids is 1. The second-order valence-electron chi connectivity index (χ2n) is 5.98. The molecule has 0 spiro atoms. The average Bonchev–Trinajstić information content (AvgIpc) is 2.76. The molecule has 0 saturated heterocycles. The number of benzene rings is 2. The average molecular weight is 387 g/mol. The van der Waals surface area contributed by atoms with Crippen LogP contribution in [0.4, 0.5) is 5.69 Å². The molecular formula is C24H38N2O2. The fraction of sp³-hybridized carbons (Fsp3) is 0.458. The van der Waals surface area contributed by atoms with Gasteiger partial charge in [0.25, 0.3) is 0 Å². The predicted octanol–water partition coefficient (Wildman–Crippen LogP) is 5.64. The van der Waals surface area contributed by atoms with E-state index in [1.807, 2.05) is 52.0 Å². The fourth-order valence-electron chi connectivity index (χ4n) is 2.73. The molecule has 0 heterocycles. The lowest BCUT2D eigenvalue weighted by Gasteiger charge is -2.21. The van der Waals surface area contributed by atoms with Crippen molar-refractivity contribution in [2.24, 2.45) is 5.73 Å². The summed E-state index contributed by atoms with van der Waals surface area (Å²) in [6, 6.07) is 16.3. The molecule has 2 N–H and O–H groups in total. The lowest BCUT2D eigenvalue weighted by atomic mass is 10.0. The van der Waals surface area contributed by atoms with Crippen LogP contribution < -0.4 is 10.6 Å². The Labute approximate surface area is 171 Å². The van der Waals surface area contributed by atoms with Gasteiger partial charge in [-0.15, -0.1) is 0 Å². The minimum absolute atomic E-state index is 0.00760. The summed E-state index contributed by atoms with van der Waals surface area (Å²) in [5.74, 6) is 0. The van der Waals surface area contributed by atoms with E-state index in [0.29, 0.717) is 13.2 Å². The molecule has 1 atom stereocenters. The summed E-state index contributed by atoms with van der Waals surface area (Å²) in [5, 5.41) is 0. The van der Waals surface area contributed by atoms with Gasteiger partial charge in [-0.3, -0.25) is 4.79 Å². The van der Waals surface area contributed by atoms with E-state index in [1.54, 1.807) is 12.0 Å². The van der Waals surface area contributed by atoms with Crippen LogP contribution in [0.25, 0.3) is 11.1 Å². The lowest BCUT2D eigenvalue weighted by molar-refractivity contribution is -0.107. The van der Waals surface area contributed by atoms with E-state index in [-0.39, 0.29) is 6.04 Å². The van der Waals surface area contributed by atoms with E-state index < -0.39 is 0 Å². The van der Waals surface area contributed by atoms with E-state index in [4.69, 9.17) is 10.5 Å². The number of hydrogen-bond donors (Lipinski definition) is 1. The Hall–Kier alpha value is -2.17. The van der Waals surface area contributed by atoms with Crippen molar-refractivity contribution in [3.63, 3.8) is 0 Å². The molecule has 0 aliphatic rings.